The first-order chi connectivity index (χ1) is 8.60. The number of rotatable bonds is 4. The molecule has 1 aliphatic rings. The lowest BCUT2D eigenvalue weighted by Gasteiger charge is -2.20. The smallest absolute Gasteiger partial charge is 0.124 e. The minimum absolute atomic E-state index is 0.124. The maximum absolute atomic E-state index is 13.0. The number of halogens is 2. The Kier molecular flexibility index (Phi) is 4.60. The molecule has 1 aromatic carbocycles. The molecule has 0 heterocycles. The molecule has 0 spiro atoms. The Hall–Kier alpha value is -0.640. The van der Waals surface area contributed by atoms with Crippen LogP contribution in [0.4, 0.5) is 4.39 Å². The number of hydrogen-bond acceptors (Lipinski definition) is 2. The van der Waals surface area contributed by atoms with Gasteiger partial charge in [-0.3, -0.25) is 0 Å². The van der Waals surface area contributed by atoms with Gasteiger partial charge in [-0.25, -0.2) is 4.39 Å². The van der Waals surface area contributed by atoms with Gasteiger partial charge in [-0.15, -0.1) is 0 Å². The highest BCUT2D eigenvalue weighted by molar-refractivity contribution is 6.31. The van der Waals surface area contributed by atoms with E-state index in [0.717, 1.165) is 24.8 Å². The van der Waals surface area contributed by atoms with Crippen molar-refractivity contribution in [3.8, 4) is 0 Å². The number of hydrogen-bond donors (Lipinski definition) is 1. The van der Waals surface area contributed by atoms with Gasteiger partial charge < -0.3 is 10.1 Å². The van der Waals surface area contributed by atoms with Crippen LogP contribution < -0.4 is 5.32 Å². The van der Waals surface area contributed by atoms with Crippen molar-refractivity contribution in [3.63, 3.8) is 0 Å². The number of benzene rings is 1. The zero-order valence-electron chi connectivity index (χ0n) is 10.7. The van der Waals surface area contributed by atoms with E-state index in [1.807, 2.05) is 0 Å². The third kappa shape index (κ3) is 3.22. The van der Waals surface area contributed by atoms with Crippen molar-refractivity contribution in [1.29, 1.82) is 0 Å². The molecule has 3 unspecified atom stereocenters. The van der Waals surface area contributed by atoms with Crippen molar-refractivity contribution in [2.24, 2.45) is 0 Å². The van der Waals surface area contributed by atoms with Gasteiger partial charge in [-0.1, -0.05) is 17.7 Å². The molecule has 0 aliphatic heterocycles. The molecule has 100 valence electrons. The monoisotopic (exact) mass is 271 g/mol. The van der Waals surface area contributed by atoms with E-state index in [-0.39, 0.29) is 11.9 Å². The average Bonchev–Trinajstić information content (AvgIpc) is 2.76. The maximum Gasteiger partial charge on any atom is 0.124 e. The van der Waals surface area contributed by atoms with E-state index in [0.29, 0.717) is 17.2 Å². The molecule has 1 aromatic rings. The minimum atomic E-state index is -0.295. The van der Waals surface area contributed by atoms with Gasteiger partial charge in [-0.05, 0) is 43.9 Å². The first-order valence-electron chi connectivity index (χ1n) is 6.34. The standard InChI is InChI=1S/C14H19ClFNO/c1-9(13-6-3-10(16)7-14(13)15)17-11-4-5-12(8-11)18-2/h3,6-7,9,11-12,17H,4-5,8H2,1-2H3. The predicted octanol–water partition coefficient (Wildman–Crippen LogP) is 3.70. The highest BCUT2D eigenvalue weighted by Crippen LogP contribution is 2.27. The van der Waals surface area contributed by atoms with Crippen LogP contribution >= 0.6 is 11.6 Å². The quantitative estimate of drug-likeness (QED) is 0.902. The lowest BCUT2D eigenvalue weighted by atomic mass is 10.1. The lowest BCUT2D eigenvalue weighted by molar-refractivity contribution is 0.106. The largest absolute Gasteiger partial charge is 0.381 e. The van der Waals surface area contributed by atoms with Crippen LogP contribution in [0.1, 0.15) is 37.8 Å². The van der Waals surface area contributed by atoms with Crippen LogP contribution in [0.3, 0.4) is 0 Å². The summed E-state index contributed by atoms with van der Waals surface area (Å²) in [4.78, 5) is 0. The summed E-state index contributed by atoms with van der Waals surface area (Å²) in [6.07, 6.45) is 3.60. The second-order valence-electron chi connectivity index (χ2n) is 4.92. The van der Waals surface area contributed by atoms with Crippen LogP contribution in [-0.2, 0) is 4.74 Å². The molecule has 2 nitrogen and oxygen atoms in total. The Morgan fingerprint density at radius 1 is 1.44 bits per heavy atom. The molecular weight excluding hydrogens is 253 g/mol. The Morgan fingerprint density at radius 2 is 2.22 bits per heavy atom. The number of nitrogens with one attached hydrogen (secondary N) is 1. The molecule has 1 N–H and O–H groups in total. The van der Waals surface area contributed by atoms with Crippen molar-refractivity contribution >= 4 is 11.6 Å². The van der Waals surface area contributed by atoms with E-state index in [1.54, 1.807) is 13.2 Å². The fraction of sp³-hybridized carbons (Fsp3) is 0.571. The highest BCUT2D eigenvalue weighted by atomic mass is 35.5. The van der Waals surface area contributed by atoms with Crippen LogP contribution in [0, 0.1) is 5.82 Å². The van der Waals surface area contributed by atoms with Gasteiger partial charge >= 0.3 is 0 Å². The summed E-state index contributed by atoms with van der Waals surface area (Å²) in [5, 5.41) is 4.02. The maximum atomic E-state index is 13.0. The molecule has 1 fully saturated rings. The minimum Gasteiger partial charge on any atom is -0.381 e. The van der Waals surface area contributed by atoms with Gasteiger partial charge in [0.2, 0.25) is 0 Å². The molecule has 1 saturated carbocycles. The van der Waals surface area contributed by atoms with E-state index in [9.17, 15) is 4.39 Å². The molecule has 1 aliphatic carbocycles. The summed E-state index contributed by atoms with van der Waals surface area (Å²) >= 11 is 6.06. The molecule has 0 bridgehead atoms. The molecule has 2 rings (SSSR count). The topological polar surface area (TPSA) is 21.3 Å². The molecule has 0 amide bonds. The van der Waals surface area contributed by atoms with Crippen LogP contribution in [0.2, 0.25) is 5.02 Å². The zero-order valence-corrected chi connectivity index (χ0v) is 11.5. The van der Waals surface area contributed by atoms with Crippen molar-refractivity contribution in [3.05, 3.63) is 34.6 Å². The summed E-state index contributed by atoms with van der Waals surface area (Å²) in [6.45, 7) is 2.05. The molecular formula is C14H19ClFNO. The normalized spacial score (nSPS) is 25.3. The summed E-state index contributed by atoms with van der Waals surface area (Å²) in [7, 11) is 1.76. The van der Waals surface area contributed by atoms with E-state index in [4.69, 9.17) is 16.3 Å². The Morgan fingerprint density at radius 3 is 2.83 bits per heavy atom. The van der Waals surface area contributed by atoms with E-state index in [1.165, 1.54) is 12.1 Å². The first kappa shape index (κ1) is 13.8. The van der Waals surface area contributed by atoms with Gasteiger partial charge in [0.05, 0.1) is 6.10 Å². The third-order valence-corrected chi connectivity index (χ3v) is 3.96. The zero-order chi connectivity index (χ0) is 13.1. The van der Waals surface area contributed by atoms with Crippen molar-refractivity contribution in [2.75, 3.05) is 7.11 Å². The lowest BCUT2D eigenvalue weighted by Crippen LogP contribution is -2.30. The van der Waals surface area contributed by atoms with Crippen molar-refractivity contribution < 1.29 is 9.13 Å². The van der Waals surface area contributed by atoms with Gasteiger partial charge in [-0.2, -0.15) is 0 Å². The third-order valence-electron chi connectivity index (χ3n) is 3.63. The van der Waals surface area contributed by atoms with Gasteiger partial charge in [0.25, 0.3) is 0 Å². The second-order valence-corrected chi connectivity index (χ2v) is 5.33. The Balaban J connectivity index is 1.97. The van der Waals surface area contributed by atoms with E-state index in [2.05, 4.69) is 12.2 Å². The van der Waals surface area contributed by atoms with Crippen LogP contribution in [0.5, 0.6) is 0 Å². The SMILES string of the molecule is COC1CCC(NC(C)c2ccc(F)cc2Cl)C1. The van der Waals surface area contributed by atoms with Gasteiger partial charge in [0, 0.05) is 24.2 Å². The van der Waals surface area contributed by atoms with Gasteiger partial charge in [0.15, 0.2) is 0 Å². The number of methoxy groups -OCH3 is 1. The molecule has 0 radical (unpaired) electrons. The van der Waals surface area contributed by atoms with Crippen molar-refractivity contribution in [2.45, 2.75) is 44.4 Å². The molecule has 18 heavy (non-hydrogen) atoms. The van der Waals surface area contributed by atoms with E-state index < -0.39 is 0 Å². The highest BCUT2D eigenvalue weighted by Gasteiger charge is 2.25. The fourth-order valence-electron chi connectivity index (χ4n) is 2.60. The van der Waals surface area contributed by atoms with Crippen molar-refractivity contribution in [1.82, 2.24) is 5.32 Å². The van der Waals surface area contributed by atoms with E-state index >= 15 is 0 Å². The molecule has 0 aromatic heterocycles. The second kappa shape index (κ2) is 6.00. The summed E-state index contributed by atoms with van der Waals surface area (Å²) in [5.74, 6) is -0.295. The average molecular weight is 272 g/mol. The van der Waals surface area contributed by atoms with Gasteiger partial charge in [0.1, 0.15) is 5.82 Å². The van der Waals surface area contributed by atoms with Crippen LogP contribution in [0.25, 0.3) is 0 Å². The Labute approximate surface area is 112 Å². The molecule has 4 heteroatoms. The molecule has 0 saturated heterocycles. The fourth-order valence-corrected chi connectivity index (χ4v) is 2.93. The van der Waals surface area contributed by atoms with Crippen LogP contribution in [0.15, 0.2) is 18.2 Å². The molecule has 3 atom stereocenters. The summed E-state index contributed by atoms with van der Waals surface area (Å²) in [5.41, 5.74) is 0.943. The van der Waals surface area contributed by atoms with Crippen LogP contribution in [-0.4, -0.2) is 19.3 Å². The first-order valence-corrected chi connectivity index (χ1v) is 6.71. The summed E-state index contributed by atoms with van der Waals surface area (Å²) in [6, 6.07) is 5.14. The summed E-state index contributed by atoms with van der Waals surface area (Å²) < 4.78 is 18.3. The predicted molar refractivity (Wildman–Crippen MR) is 71.4 cm³/mol. The Bertz CT molecular complexity index is 413. The number of ether oxygens (including phenoxy) is 1.